The zero-order valence-electron chi connectivity index (χ0n) is 18.2. The van der Waals surface area contributed by atoms with Crippen LogP contribution in [-0.4, -0.2) is 43.2 Å². The van der Waals surface area contributed by atoms with Gasteiger partial charge >= 0.3 is 6.03 Å². The highest BCUT2D eigenvalue weighted by Gasteiger charge is 2.21. The van der Waals surface area contributed by atoms with Crippen molar-refractivity contribution in [2.24, 2.45) is 0 Å². The third-order valence-corrected chi connectivity index (χ3v) is 5.14. The molecule has 1 N–H and O–H groups in total. The Hall–Kier alpha value is -2.69. The van der Waals surface area contributed by atoms with E-state index in [0.717, 1.165) is 24.5 Å². The lowest BCUT2D eigenvalue weighted by atomic mass is 9.87. The van der Waals surface area contributed by atoms with Gasteiger partial charge in [0.25, 0.3) is 0 Å². The first-order chi connectivity index (χ1) is 13.7. The van der Waals surface area contributed by atoms with Gasteiger partial charge in [0, 0.05) is 37.6 Å². The van der Waals surface area contributed by atoms with Gasteiger partial charge in [0.15, 0.2) is 0 Å². The second-order valence-corrected chi connectivity index (χ2v) is 8.89. The molecule has 0 radical (unpaired) electrons. The monoisotopic (exact) mass is 395 g/mol. The predicted molar refractivity (Wildman–Crippen MR) is 120 cm³/mol. The first-order valence-electron chi connectivity index (χ1n) is 10.4. The summed E-state index contributed by atoms with van der Waals surface area (Å²) in [6, 6.07) is 16.3. The van der Waals surface area contributed by atoms with E-state index in [4.69, 9.17) is 4.74 Å². The lowest BCUT2D eigenvalue weighted by Gasteiger charge is -2.36. The zero-order valence-corrected chi connectivity index (χ0v) is 18.2. The number of nitrogens with zero attached hydrogens (tertiary/aromatic N) is 2. The second-order valence-electron chi connectivity index (χ2n) is 8.89. The molecule has 0 bridgehead atoms. The summed E-state index contributed by atoms with van der Waals surface area (Å²) in [5.74, 6) is 0.888. The summed E-state index contributed by atoms with van der Waals surface area (Å²) in [6.07, 6.45) is 0.174. The zero-order chi connectivity index (χ0) is 21.0. The fourth-order valence-electron chi connectivity index (χ4n) is 3.43. The molecular formula is C24H33N3O2. The third kappa shape index (κ3) is 5.66. The van der Waals surface area contributed by atoms with E-state index in [1.165, 1.54) is 11.3 Å². The summed E-state index contributed by atoms with van der Waals surface area (Å²) in [7, 11) is 0. The molecule has 1 aliphatic heterocycles. The first-order valence-corrected chi connectivity index (χ1v) is 10.4. The molecule has 5 nitrogen and oxygen atoms in total. The molecular weight excluding hydrogens is 362 g/mol. The summed E-state index contributed by atoms with van der Waals surface area (Å²) >= 11 is 0. The molecule has 1 heterocycles. The van der Waals surface area contributed by atoms with E-state index in [-0.39, 0.29) is 17.6 Å². The molecule has 0 aliphatic carbocycles. The molecule has 0 unspecified atom stereocenters. The van der Waals surface area contributed by atoms with Gasteiger partial charge in [-0.15, -0.1) is 0 Å². The van der Waals surface area contributed by atoms with Crippen LogP contribution in [0.5, 0.6) is 5.75 Å². The van der Waals surface area contributed by atoms with Crippen LogP contribution < -0.4 is 15.0 Å². The number of nitrogens with one attached hydrogen (secondary N) is 1. The lowest BCUT2D eigenvalue weighted by Crippen LogP contribution is -2.50. The molecule has 3 rings (SSSR count). The SMILES string of the molecule is CC(C)Oc1ccc(N2CCN(C(=O)Nc3ccc(C(C)(C)C)cc3)CC2)cc1. The summed E-state index contributed by atoms with van der Waals surface area (Å²) in [4.78, 5) is 16.8. The van der Waals surface area contributed by atoms with E-state index in [2.05, 4.69) is 55.3 Å². The number of rotatable bonds is 4. The van der Waals surface area contributed by atoms with Crippen molar-refractivity contribution >= 4 is 17.4 Å². The van der Waals surface area contributed by atoms with Crippen LogP contribution in [0.25, 0.3) is 0 Å². The van der Waals surface area contributed by atoms with Gasteiger partial charge in [-0.1, -0.05) is 32.9 Å². The van der Waals surface area contributed by atoms with E-state index in [0.29, 0.717) is 13.1 Å². The Morgan fingerprint density at radius 1 is 0.931 bits per heavy atom. The van der Waals surface area contributed by atoms with E-state index in [1.807, 2.05) is 43.0 Å². The minimum Gasteiger partial charge on any atom is -0.491 e. The Morgan fingerprint density at radius 3 is 2.03 bits per heavy atom. The second kappa shape index (κ2) is 8.76. The van der Waals surface area contributed by atoms with E-state index < -0.39 is 0 Å². The molecule has 0 saturated carbocycles. The minimum atomic E-state index is -0.0335. The summed E-state index contributed by atoms with van der Waals surface area (Å²) in [5, 5.41) is 3.02. The lowest BCUT2D eigenvalue weighted by molar-refractivity contribution is 0.208. The van der Waals surface area contributed by atoms with Crippen molar-refractivity contribution in [3.63, 3.8) is 0 Å². The van der Waals surface area contributed by atoms with Crippen molar-refractivity contribution in [3.05, 3.63) is 54.1 Å². The standard InChI is InChI=1S/C24H33N3O2/c1-18(2)29-22-12-10-21(11-13-22)26-14-16-27(17-15-26)23(28)25-20-8-6-19(7-9-20)24(3,4)5/h6-13,18H,14-17H2,1-5H3,(H,25,28). The van der Waals surface area contributed by atoms with Gasteiger partial charge in [-0.25, -0.2) is 4.79 Å². The molecule has 0 spiro atoms. The molecule has 156 valence electrons. The smallest absolute Gasteiger partial charge is 0.321 e. The van der Waals surface area contributed by atoms with Crippen LogP contribution in [0, 0.1) is 0 Å². The number of piperazine rings is 1. The molecule has 2 amide bonds. The topological polar surface area (TPSA) is 44.8 Å². The summed E-state index contributed by atoms with van der Waals surface area (Å²) in [6.45, 7) is 13.7. The maximum atomic E-state index is 12.6. The highest BCUT2D eigenvalue weighted by molar-refractivity contribution is 5.89. The molecule has 5 heteroatoms. The van der Waals surface area contributed by atoms with Crippen LogP contribution in [0.2, 0.25) is 0 Å². The van der Waals surface area contributed by atoms with Crippen molar-refractivity contribution in [2.75, 3.05) is 36.4 Å². The van der Waals surface area contributed by atoms with E-state index in [1.54, 1.807) is 0 Å². The van der Waals surface area contributed by atoms with Gasteiger partial charge in [-0.2, -0.15) is 0 Å². The van der Waals surface area contributed by atoms with Crippen molar-refractivity contribution in [2.45, 2.75) is 46.1 Å². The molecule has 2 aromatic carbocycles. The average molecular weight is 396 g/mol. The number of anilines is 2. The van der Waals surface area contributed by atoms with Gasteiger partial charge in [-0.05, 0) is 61.2 Å². The van der Waals surface area contributed by atoms with Gasteiger partial charge in [-0.3, -0.25) is 0 Å². The van der Waals surface area contributed by atoms with Gasteiger partial charge < -0.3 is 19.9 Å². The quantitative estimate of drug-likeness (QED) is 0.781. The Kier molecular flexibility index (Phi) is 6.36. The number of carbonyl (C=O) groups excluding carboxylic acids is 1. The molecule has 1 saturated heterocycles. The van der Waals surface area contributed by atoms with Crippen LogP contribution in [0.1, 0.15) is 40.2 Å². The molecule has 0 aromatic heterocycles. The fourth-order valence-corrected chi connectivity index (χ4v) is 3.43. The summed E-state index contributed by atoms with van der Waals surface area (Å²) in [5.41, 5.74) is 3.37. The average Bonchev–Trinajstić information content (AvgIpc) is 2.68. The Bertz CT molecular complexity index is 800. The van der Waals surface area contributed by atoms with Crippen molar-refractivity contribution in [3.8, 4) is 5.75 Å². The van der Waals surface area contributed by atoms with Crippen LogP contribution in [-0.2, 0) is 5.41 Å². The fraction of sp³-hybridized carbons (Fsp3) is 0.458. The maximum Gasteiger partial charge on any atom is 0.321 e. The Morgan fingerprint density at radius 2 is 1.52 bits per heavy atom. The highest BCUT2D eigenvalue weighted by Crippen LogP contribution is 2.24. The number of benzene rings is 2. The minimum absolute atomic E-state index is 0.0335. The molecule has 29 heavy (non-hydrogen) atoms. The van der Waals surface area contributed by atoms with E-state index in [9.17, 15) is 4.79 Å². The molecule has 2 aromatic rings. The van der Waals surface area contributed by atoms with E-state index >= 15 is 0 Å². The highest BCUT2D eigenvalue weighted by atomic mass is 16.5. The first kappa shape index (κ1) is 21.0. The Balaban J connectivity index is 1.51. The number of ether oxygens (including phenoxy) is 1. The third-order valence-electron chi connectivity index (χ3n) is 5.14. The largest absolute Gasteiger partial charge is 0.491 e. The van der Waals surface area contributed by atoms with Crippen molar-refractivity contribution in [1.29, 1.82) is 0 Å². The van der Waals surface area contributed by atoms with Gasteiger partial charge in [0.2, 0.25) is 0 Å². The Labute approximate surface area is 174 Å². The van der Waals surface area contributed by atoms with Crippen LogP contribution in [0.15, 0.2) is 48.5 Å². The van der Waals surface area contributed by atoms with Crippen molar-refractivity contribution < 1.29 is 9.53 Å². The predicted octanol–water partition coefficient (Wildman–Crippen LogP) is 5.13. The molecule has 1 fully saturated rings. The normalized spacial score (nSPS) is 14.8. The van der Waals surface area contributed by atoms with Gasteiger partial charge in [0.05, 0.1) is 6.10 Å². The number of amides is 2. The van der Waals surface area contributed by atoms with Crippen LogP contribution in [0.4, 0.5) is 16.2 Å². The number of carbonyl (C=O) groups is 1. The maximum absolute atomic E-state index is 12.6. The molecule has 1 aliphatic rings. The molecule has 0 atom stereocenters. The number of urea groups is 1. The van der Waals surface area contributed by atoms with Crippen LogP contribution in [0.3, 0.4) is 0 Å². The summed E-state index contributed by atoms with van der Waals surface area (Å²) < 4.78 is 5.71. The van der Waals surface area contributed by atoms with Crippen LogP contribution >= 0.6 is 0 Å². The number of hydrogen-bond donors (Lipinski definition) is 1. The number of hydrogen-bond acceptors (Lipinski definition) is 3. The van der Waals surface area contributed by atoms with Gasteiger partial charge in [0.1, 0.15) is 5.75 Å². The van der Waals surface area contributed by atoms with Crippen molar-refractivity contribution in [1.82, 2.24) is 4.90 Å².